The highest BCUT2D eigenvalue weighted by Crippen LogP contribution is 2.21. The van der Waals surface area contributed by atoms with Crippen LogP contribution in [0.3, 0.4) is 0 Å². The molecule has 0 bridgehead atoms. The molecule has 0 aromatic heterocycles. The van der Waals surface area contributed by atoms with Crippen LogP contribution in [-0.2, 0) is 6.54 Å². The zero-order valence-corrected chi connectivity index (χ0v) is 11.8. The van der Waals surface area contributed by atoms with Crippen molar-refractivity contribution < 1.29 is 9.18 Å². The summed E-state index contributed by atoms with van der Waals surface area (Å²) in [5, 5.41) is 3.61. The van der Waals surface area contributed by atoms with Crippen molar-refractivity contribution in [1.82, 2.24) is 0 Å². The predicted octanol–water partition coefficient (Wildman–Crippen LogP) is 3.84. The van der Waals surface area contributed by atoms with E-state index >= 15 is 0 Å². The number of nitrogens with two attached hydrogens (primary N) is 1. The van der Waals surface area contributed by atoms with Gasteiger partial charge in [-0.05, 0) is 30.3 Å². The molecule has 0 radical (unpaired) electrons. The van der Waals surface area contributed by atoms with E-state index in [0.29, 0.717) is 16.3 Å². The minimum Gasteiger partial charge on any atom is -0.381 e. The Labute approximate surface area is 125 Å². The van der Waals surface area contributed by atoms with Gasteiger partial charge in [0.2, 0.25) is 5.91 Å². The van der Waals surface area contributed by atoms with Crippen LogP contribution >= 0.6 is 23.2 Å². The zero-order chi connectivity index (χ0) is 14.7. The van der Waals surface area contributed by atoms with E-state index in [2.05, 4.69) is 5.32 Å². The topological polar surface area (TPSA) is 55.1 Å². The van der Waals surface area contributed by atoms with E-state index in [1.807, 2.05) is 0 Å². The second-order valence-electron chi connectivity index (χ2n) is 4.15. The van der Waals surface area contributed by atoms with E-state index in [1.165, 1.54) is 12.1 Å². The number of nitrogens with one attached hydrogen (secondary N) is 1. The molecular formula is C14H11Cl2FN2O. The Morgan fingerprint density at radius 2 is 1.95 bits per heavy atom. The maximum atomic E-state index is 13.6. The lowest BCUT2D eigenvalue weighted by atomic mass is 10.1. The zero-order valence-electron chi connectivity index (χ0n) is 10.3. The van der Waals surface area contributed by atoms with Crippen LogP contribution < -0.4 is 11.1 Å². The lowest BCUT2D eigenvalue weighted by Crippen LogP contribution is -2.12. The van der Waals surface area contributed by atoms with Crippen molar-refractivity contribution in [3.8, 4) is 0 Å². The normalized spacial score (nSPS) is 10.3. The average molecular weight is 313 g/mol. The molecule has 0 aliphatic carbocycles. The molecule has 0 saturated heterocycles. The van der Waals surface area contributed by atoms with Gasteiger partial charge in [0.25, 0.3) is 0 Å². The lowest BCUT2D eigenvalue weighted by molar-refractivity contribution is 0.100. The molecule has 2 rings (SSSR count). The fraction of sp³-hybridized carbons (Fsp3) is 0.0714. The van der Waals surface area contributed by atoms with Crippen LogP contribution in [0.1, 0.15) is 15.9 Å². The van der Waals surface area contributed by atoms with Crippen molar-refractivity contribution in [2.24, 2.45) is 5.73 Å². The molecule has 0 spiro atoms. The van der Waals surface area contributed by atoms with Crippen molar-refractivity contribution >= 4 is 34.8 Å². The quantitative estimate of drug-likeness (QED) is 0.901. The fourth-order valence-corrected chi connectivity index (χ4v) is 2.06. The van der Waals surface area contributed by atoms with Crippen molar-refractivity contribution in [3.05, 3.63) is 63.4 Å². The molecule has 20 heavy (non-hydrogen) atoms. The van der Waals surface area contributed by atoms with Gasteiger partial charge in [0.1, 0.15) is 5.82 Å². The van der Waals surface area contributed by atoms with E-state index in [1.54, 1.807) is 24.3 Å². The molecule has 3 N–H and O–H groups in total. The Morgan fingerprint density at radius 3 is 2.60 bits per heavy atom. The van der Waals surface area contributed by atoms with Crippen molar-refractivity contribution in [2.75, 3.05) is 5.32 Å². The Hall–Kier alpha value is -1.78. The maximum absolute atomic E-state index is 13.6. The number of hydrogen-bond acceptors (Lipinski definition) is 2. The molecule has 1 amide bonds. The first-order valence-electron chi connectivity index (χ1n) is 5.74. The van der Waals surface area contributed by atoms with Gasteiger partial charge in [-0.2, -0.15) is 0 Å². The molecule has 0 atom stereocenters. The van der Waals surface area contributed by atoms with E-state index in [4.69, 9.17) is 28.9 Å². The third kappa shape index (κ3) is 3.40. The van der Waals surface area contributed by atoms with E-state index in [9.17, 15) is 9.18 Å². The summed E-state index contributed by atoms with van der Waals surface area (Å²) >= 11 is 11.5. The number of rotatable bonds is 4. The van der Waals surface area contributed by atoms with Crippen LogP contribution in [0.15, 0.2) is 36.4 Å². The smallest absolute Gasteiger partial charge is 0.250 e. The fourth-order valence-electron chi connectivity index (χ4n) is 1.69. The number of primary amides is 1. The first kappa shape index (κ1) is 14.6. The average Bonchev–Trinajstić information content (AvgIpc) is 2.39. The van der Waals surface area contributed by atoms with Crippen LogP contribution in [0.5, 0.6) is 0 Å². The summed E-state index contributed by atoms with van der Waals surface area (Å²) < 4.78 is 13.6. The Balaban J connectivity index is 2.15. The van der Waals surface area contributed by atoms with Gasteiger partial charge >= 0.3 is 0 Å². The number of carbonyl (C=O) groups is 1. The minimum atomic E-state index is -0.615. The summed E-state index contributed by atoms with van der Waals surface area (Å²) in [5.74, 6) is -1.01. The van der Waals surface area contributed by atoms with Crippen LogP contribution in [0.4, 0.5) is 10.1 Å². The van der Waals surface area contributed by atoms with Crippen LogP contribution in [-0.4, -0.2) is 5.91 Å². The molecule has 0 aliphatic rings. The highest BCUT2D eigenvalue weighted by molar-refractivity contribution is 6.33. The molecule has 2 aromatic carbocycles. The van der Waals surface area contributed by atoms with Gasteiger partial charge in [-0.15, -0.1) is 0 Å². The molecule has 0 saturated carbocycles. The van der Waals surface area contributed by atoms with Crippen LogP contribution in [0.2, 0.25) is 10.0 Å². The summed E-state index contributed by atoms with van der Waals surface area (Å²) in [6.45, 7) is 0.253. The monoisotopic (exact) mass is 312 g/mol. The highest BCUT2D eigenvalue weighted by atomic mass is 35.5. The third-order valence-electron chi connectivity index (χ3n) is 2.73. The van der Waals surface area contributed by atoms with Gasteiger partial charge in [0.05, 0.1) is 10.6 Å². The molecule has 0 unspecified atom stereocenters. The summed E-state index contributed by atoms with van der Waals surface area (Å²) in [5.41, 5.74) is 6.51. The minimum absolute atomic E-state index is 0.216. The predicted molar refractivity (Wildman–Crippen MR) is 78.7 cm³/mol. The summed E-state index contributed by atoms with van der Waals surface area (Å²) in [4.78, 5) is 11.2. The Morgan fingerprint density at radius 1 is 1.20 bits per heavy atom. The summed E-state index contributed by atoms with van der Waals surface area (Å²) in [7, 11) is 0. The third-order valence-corrected chi connectivity index (χ3v) is 3.29. The number of amides is 1. The van der Waals surface area contributed by atoms with Crippen LogP contribution in [0.25, 0.3) is 0 Å². The van der Waals surface area contributed by atoms with E-state index in [-0.39, 0.29) is 17.1 Å². The highest BCUT2D eigenvalue weighted by Gasteiger charge is 2.08. The molecule has 0 fully saturated rings. The molecule has 0 heterocycles. The first-order chi connectivity index (χ1) is 9.47. The largest absolute Gasteiger partial charge is 0.381 e. The number of anilines is 1. The second kappa shape index (κ2) is 6.11. The maximum Gasteiger partial charge on any atom is 0.250 e. The van der Waals surface area contributed by atoms with Crippen molar-refractivity contribution in [2.45, 2.75) is 6.54 Å². The number of halogens is 3. The number of hydrogen-bond donors (Lipinski definition) is 2. The van der Waals surface area contributed by atoms with E-state index in [0.717, 1.165) is 0 Å². The molecule has 6 heteroatoms. The summed E-state index contributed by atoms with van der Waals surface area (Å²) in [6, 6.07) is 9.21. The Kier molecular flexibility index (Phi) is 4.47. The van der Waals surface area contributed by atoms with E-state index < -0.39 is 11.7 Å². The van der Waals surface area contributed by atoms with Crippen LogP contribution in [0, 0.1) is 5.82 Å². The van der Waals surface area contributed by atoms with Gasteiger partial charge in [-0.3, -0.25) is 4.79 Å². The van der Waals surface area contributed by atoms with Gasteiger partial charge in [-0.1, -0.05) is 29.3 Å². The molecular weight excluding hydrogens is 302 g/mol. The van der Waals surface area contributed by atoms with Gasteiger partial charge in [0.15, 0.2) is 0 Å². The number of benzene rings is 2. The van der Waals surface area contributed by atoms with Crippen molar-refractivity contribution in [3.63, 3.8) is 0 Å². The van der Waals surface area contributed by atoms with Gasteiger partial charge in [0, 0.05) is 22.8 Å². The second-order valence-corrected chi connectivity index (χ2v) is 4.99. The summed E-state index contributed by atoms with van der Waals surface area (Å²) in [6.07, 6.45) is 0. The molecule has 3 nitrogen and oxygen atoms in total. The Bertz CT molecular complexity index is 662. The van der Waals surface area contributed by atoms with Gasteiger partial charge < -0.3 is 11.1 Å². The lowest BCUT2D eigenvalue weighted by Gasteiger charge is -2.09. The standard InChI is InChI=1S/C14H11Cl2FN2O/c15-9-2-1-8(13(17)5-9)7-19-10-3-4-12(16)11(6-10)14(18)20/h1-6,19H,7H2,(H2,18,20). The number of carbonyl (C=O) groups excluding carboxylic acids is 1. The van der Waals surface area contributed by atoms with Gasteiger partial charge in [-0.25, -0.2) is 4.39 Å². The first-order valence-corrected chi connectivity index (χ1v) is 6.50. The molecule has 0 aliphatic heterocycles. The van der Waals surface area contributed by atoms with Crippen molar-refractivity contribution in [1.29, 1.82) is 0 Å². The SMILES string of the molecule is NC(=O)c1cc(NCc2ccc(Cl)cc2F)ccc1Cl. The molecule has 2 aromatic rings. The molecule has 104 valence electrons.